The van der Waals surface area contributed by atoms with Crippen molar-refractivity contribution < 1.29 is 14.3 Å². The first-order valence-corrected chi connectivity index (χ1v) is 12.0. The zero-order chi connectivity index (χ0) is 22.0. The van der Waals surface area contributed by atoms with Crippen molar-refractivity contribution in [2.45, 2.75) is 39.2 Å². The maximum absolute atomic E-state index is 12.6. The van der Waals surface area contributed by atoms with Crippen LogP contribution in [0.5, 0.6) is 11.5 Å². The Morgan fingerprint density at radius 3 is 2.87 bits per heavy atom. The number of halogens is 2. The molecule has 2 aliphatic carbocycles. The van der Waals surface area contributed by atoms with Gasteiger partial charge in [-0.2, -0.15) is 5.10 Å². The Hall–Kier alpha value is -1.80. The van der Waals surface area contributed by atoms with E-state index in [1.807, 2.05) is 36.4 Å². The minimum atomic E-state index is 0.0343. The predicted molar refractivity (Wildman–Crippen MR) is 131 cm³/mol. The lowest BCUT2D eigenvalue weighted by Gasteiger charge is -2.15. The van der Waals surface area contributed by atoms with Crippen LogP contribution < -0.4 is 14.9 Å². The second kappa shape index (κ2) is 9.36. The summed E-state index contributed by atoms with van der Waals surface area (Å²) in [5, 5.41) is 4.87. The molecule has 0 unspecified atom stereocenters. The highest BCUT2D eigenvalue weighted by Crippen LogP contribution is 2.66. The van der Waals surface area contributed by atoms with Crippen molar-refractivity contribution in [1.82, 2.24) is 5.43 Å². The number of carbonyl (C=O) groups excluding carboxylic acids is 1. The Kier molecular flexibility index (Phi) is 6.77. The summed E-state index contributed by atoms with van der Waals surface area (Å²) in [5.41, 5.74) is 4.65. The van der Waals surface area contributed by atoms with Gasteiger partial charge in [0.05, 0.1) is 16.9 Å². The van der Waals surface area contributed by atoms with E-state index in [0.29, 0.717) is 29.0 Å². The second-order valence-corrected chi connectivity index (χ2v) is 10.1. The van der Waals surface area contributed by atoms with E-state index < -0.39 is 0 Å². The van der Waals surface area contributed by atoms with Gasteiger partial charge in [-0.05, 0) is 70.5 Å². The maximum atomic E-state index is 12.6. The van der Waals surface area contributed by atoms with Crippen molar-refractivity contribution in [3.63, 3.8) is 0 Å². The average Bonchev–Trinajstić information content (AvgIpc) is 3.39. The van der Waals surface area contributed by atoms with E-state index in [1.165, 1.54) is 12.8 Å². The van der Waals surface area contributed by atoms with Crippen LogP contribution in [0.15, 0.2) is 41.5 Å². The lowest BCUT2D eigenvalue weighted by atomic mass is 9.90. The standard InChI is InChI=1S/C24H26ClIN2O3/c1-24-10-6-5-8-17(24)21(24)23(29)28-27-13-15-11-19(26)22(20(12-15)30-2)31-14-16-7-3-4-9-18(16)25/h3-4,7,9,11-13,17,21H,5-6,8,10,14H2,1-2H3,(H,28,29)/b27-13-/t17-,21-,24+/m0/s1. The van der Waals surface area contributed by atoms with Gasteiger partial charge in [-0.25, -0.2) is 5.43 Å². The molecule has 4 rings (SSSR count). The van der Waals surface area contributed by atoms with Crippen LogP contribution in [0.4, 0.5) is 0 Å². The summed E-state index contributed by atoms with van der Waals surface area (Å²) in [6, 6.07) is 11.4. The second-order valence-electron chi connectivity index (χ2n) is 8.48. The molecular weight excluding hydrogens is 527 g/mol. The number of rotatable bonds is 7. The molecule has 7 heteroatoms. The molecule has 0 radical (unpaired) electrons. The van der Waals surface area contributed by atoms with E-state index in [0.717, 1.165) is 27.5 Å². The molecule has 2 aromatic rings. The number of hydrazone groups is 1. The highest BCUT2D eigenvalue weighted by molar-refractivity contribution is 14.1. The number of ether oxygens (including phenoxy) is 2. The van der Waals surface area contributed by atoms with Crippen LogP contribution >= 0.6 is 34.2 Å². The van der Waals surface area contributed by atoms with Gasteiger partial charge in [-0.15, -0.1) is 0 Å². The summed E-state index contributed by atoms with van der Waals surface area (Å²) in [6.45, 7) is 2.58. The normalized spacial score (nSPS) is 24.5. The molecule has 2 aliphatic rings. The van der Waals surface area contributed by atoms with Crippen molar-refractivity contribution in [2.75, 3.05) is 7.11 Å². The molecule has 0 bridgehead atoms. The molecular formula is C24H26ClIN2O3. The third kappa shape index (κ3) is 4.70. The topological polar surface area (TPSA) is 59.9 Å². The quantitative estimate of drug-likeness (QED) is 0.268. The van der Waals surface area contributed by atoms with Crippen molar-refractivity contribution >= 4 is 46.3 Å². The van der Waals surface area contributed by atoms with E-state index in [4.69, 9.17) is 21.1 Å². The Labute approximate surface area is 201 Å². The summed E-state index contributed by atoms with van der Waals surface area (Å²) in [7, 11) is 1.60. The first kappa shape index (κ1) is 22.4. The van der Waals surface area contributed by atoms with Crippen molar-refractivity contribution in [3.8, 4) is 11.5 Å². The number of hydrogen-bond donors (Lipinski definition) is 1. The number of nitrogens with one attached hydrogen (secondary N) is 1. The molecule has 1 N–H and O–H groups in total. The zero-order valence-electron chi connectivity index (χ0n) is 17.7. The van der Waals surface area contributed by atoms with Crippen molar-refractivity contribution in [1.29, 1.82) is 0 Å². The lowest BCUT2D eigenvalue weighted by Crippen LogP contribution is -2.22. The number of amides is 1. The molecule has 2 fully saturated rings. The summed E-state index contributed by atoms with van der Waals surface area (Å²) in [5.74, 6) is 1.91. The Morgan fingerprint density at radius 2 is 2.16 bits per heavy atom. The summed E-state index contributed by atoms with van der Waals surface area (Å²) >= 11 is 8.43. The van der Waals surface area contributed by atoms with Crippen LogP contribution in [-0.2, 0) is 11.4 Å². The van der Waals surface area contributed by atoms with E-state index in [2.05, 4.69) is 40.0 Å². The molecule has 0 spiro atoms. The highest BCUT2D eigenvalue weighted by Gasteiger charge is 2.64. The van der Waals surface area contributed by atoms with E-state index >= 15 is 0 Å². The molecule has 3 atom stereocenters. The highest BCUT2D eigenvalue weighted by atomic mass is 127. The van der Waals surface area contributed by atoms with Gasteiger partial charge in [-0.3, -0.25) is 4.79 Å². The van der Waals surface area contributed by atoms with Gasteiger partial charge in [0.15, 0.2) is 11.5 Å². The van der Waals surface area contributed by atoms with E-state index in [9.17, 15) is 4.79 Å². The molecule has 0 saturated heterocycles. The fourth-order valence-electron chi connectivity index (χ4n) is 4.81. The van der Waals surface area contributed by atoms with Gasteiger partial charge in [0.1, 0.15) is 6.61 Å². The van der Waals surface area contributed by atoms with Gasteiger partial charge in [-0.1, -0.05) is 49.6 Å². The number of nitrogens with zero attached hydrogens (tertiary/aromatic N) is 1. The van der Waals surface area contributed by atoms with Crippen LogP contribution in [0.1, 0.15) is 43.7 Å². The monoisotopic (exact) mass is 552 g/mol. The van der Waals surface area contributed by atoms with E-state index in [-0.39, 0.29) is 17.2 Å². The van der Waals surface area contributed by atoms with Crippen molar-refractivity contribution in [3.05, 3.63) is 56.1 Å². The molecule has 5 nitrogen and oxygen atoms in total. The predicted octanol–water partition coefficient (Wildman–Crippen LogP) is 5.81. The lowest BCUT2D eigenvalue weighted by molar-refractivity contribution is -0.123. The smallest absolute Gasteiger partial charge is 0.244 e. The molecule has 0 aromatic heterocycles. The van der Waals surface area contributed by atoms with Gasteiger partial charge in [0, 0.05) is 16.5 Å². The third-order valence-electron chi connectivity index (χ3n) is 6.58. The Balaban J connectivity index is 1.40. The van der Waals surface area contributed by atoms with Gasteiger partial charge < -0.3 is 9.47 Å². The molecule has 2 aromatic carbocycles. The number of fused-ring (bicyclic) bond motifs is 1. The summed E-state index contributed by atoms with van der Waals surface area (Å²) in [6.07, 6.45) is 6.41. The SMILES string of the molecule is COc1cc(/C=N\NC(=O)[C@@H]2[C@@H]3CCCC[C@@]23C)cc(I)c1OCc1ccccc1Cl. The number of hydrogen-bond acceptors (Lipinski definition) is 4. The van der Waals surface area contributed by atoms with Crippen LogP contribution in [0.2, 0.25) is 5.02 Å². The number of carbonyl (C=O) groups is 1. The number of methoxy groups -OCH3 is 1. The van der Waals surface area contributed by atoms with Crippen LogP contribution in [0.25, 0.3) is 0 Å². The first-order chi connectivity index (χ1) is 14.9. The van der Waals surface area contributed by atoms with Crippen molar-refractivity contribution in [2.24, 2.45) is 22.4 Å². The van der Waals surface area contributed by atoms with Crippen LogP contribution in [0.3, 0.4) is 0 Å². The molecule has 0 aliphatic heterocycles. The molecule has 0 heterocycles. The fraction of sp³-hybridized carbons (Fsp3) is 0.417. The minimum Gasteiger partial charge on any atom is -0.493 e. The fourth-order valence-corrected chi connectivity index (χ4v) is 5.78. The average molecular weight is 553 g/mol. The van der Waals surface area contributed by atoms with Crippen LogP contribution in [0, 0.1) is 20.8 Å². The molecule has 1 amide bonds. The molecule has 31 heavy (non-hydrogen) atoms. The minimum absolute atomic E-state index is 0.0343. The first-order valence-electron chi connectivity index (χ1n) is 10.5. The molecule has 164 valence electrons. The number of benzene rings is 2. The maximum Gasteiger partial charge on any atom is 0.244 e. The van der Waals surface area contributed by atoms with Crippen LogP contribution in [-0.4, -0.2) is 19.2 Å². The zero-order valence-corrected chi connectivity index (χ0v) is 20.6. The molecule has 2 saturated carbocycles. The Morgan fingerprint density at radius 1 is 1.35 bits per heavy atom. The van der Waals surface area contributed by atoms with Gasteiger partial charge in [0.2, 0.25) is 5.91 Å². The van der Waals surface area contributed by atoms with Gasteiger partial charge >= 0.3 is 0 Å². The summed E-state index contributed by atoms with van der Waals surface area (Å²) < 4.78 is 12.4. The van der Waals surface area contributed by atoms with E-state index in [1.54, 1.807) is 13.3 Å². The summed E-state index contributed by atoms with van der Waals surface area (Å²) in [4.78, 5) is 12.6. The van der Waals surface area contributed by atoms with Gasteiger partial charge in [0.25, 0.3) is 0 Å². The third-order valence-corrected chi connectivity index (χ3v) is 7.75. The Bertz CT molecular complexity index is 1010. The largest absolute Gasteiger partial charge is 0.493 e.